The van der Waals surface area contributed by atoms with Gasteiger partial charge in [-0.1, -0.05) is 30.7 Å². The zero-order valence-corrected chi connectivity index (χ0v) is 13.0. The molecule has 0 aliphatic heterocycles. The Morgan fingerprint density at radius 3 is 2.10 bits per heavy atom. The predicted octanol–water partition coefficient (Wildman–Crippen LogP) is 4.97. The van der Waals surface area contributed by atoms with Crippen molar-refractivity contribution in [3.05, 3.63) is 59.1 Å². The minimum atomic E-state index is 0.303. The molecule has 0 aliphatic carbocycles. The van der Waals surface area contributed by atoms with E-state index in [9.17, 15) is 0 Å². The second-order valence-corrected chi connectivity index (χ2v) is 5.53. The number of hydrogen-bond donors (Lipinski definition) is 1. The largest absolute Gasteiger partial charge is 0.378 e. The van der Waals surface area contributed by atoms with Crippen molar-refractivity contribution in [1.82, 2.24) is 0 Å². The number of nitrogens with zero attached hydrogens (tertiary/aromatic N) is 1. The molecule has 0 saturated carbocycles. The number of anilines is 2. The SMILES string of the molecule is CCC(Nc1ccc(N(C)C)cc1)c1ccc(Cl)cc1. The molecule has 0 fully saturated rings. The van der Waals surface area contributed by atoms with Gasteiger partial charge in [-0.05, 0) is 48.4 Å². The summed E-state index contributed by atoms with van der Waals surface area (Å²) < 4.78 is 0. The highest BCUT2D eigenvalue weighted by Crippen LogP contribution is 2.25. The van der Waals surface area contributed by atoms with Crippen LogP contribution in [0.25, 0.3) is 0 Å². The Labute approximate surface area is 126 Å². The van der Waals surface area contributed by atoms with Crippen LogP contribution in [0.15, 0.2) is 48.5 Å². The second-order valence-electron chi connectivity index (χ2n) is 5.10. The molecule has 2 nitrogen and oxygen atoms in total. The lowest BCUT2D eigenvalue weighted by atomic mass is 10.0. The third kappa shape index (κ3) is 3.67. The summed E-state index contributed by atoms with van der Waals surface area (Å²) in [6.45, 7) is 2.18. The Balaban J connectivity index is 2.11. The van der Waals surface area contributed by atoms with Crippen molar-refractivity contribution in [2.75, 3.05) is 24.3 Å². The van der Waals surface area contributed by atoms with Gasteiger partial charge in [0.15, 0.2) is 0 Å². The van der Waals surface area contributed by atoms with Gasteiger partial charge in [-0.15, -0.1) is 0 Å². The van der Waals surface area contributed by atoms with Crippen molar-refractivity contribution in [3.8, 4) is 0 Å². The van der Waals surface area contributed by atoms with E-state index in [-0.39, 0.29) is 0 Å². The lowest BCUT2D eigenvalue weighted by Gasteiger charge is -2.20. The summed E-state index contributed by atoms with van der Waals surface area (Å²) in [7, 11) is 4.09. The summed E-state index contributed by atoms with van der Waals surface area (Å²) in [6.07, 6.45) is 1.02. The van der Waals surface area contributed by atoms with Crippen LogP contribution in [0.3, 0.4) is 0 Å². The van der Waals surface area contributed by atoms with E-state index in [0.717, 1.165) is 17.1 Å². The van der Waals surface area contributed by atoms with Gasteiger partial charge in [-0.25, -0.2) is 0 Å². The third-order valence-electron chi connectivity index (χ3n) is 3.41. The van der Waals surface area contributed by atoms with Gasteiger partial charge >= 0.3 is 0 Å². The second kappa shape index (κ2) is 6.67. The maximum absolute atomic E-state index is 5.94. The molecule has 0 radical (unpaired) electrons. The Hall–Kier alpha value is -1.67. The average Bonchev–Trinajstić information content (AvgIpc) is 2.46. The summed E-state index contributed by atoms with van der Waals surface area (Å²) in [5.41, 5.74) is 3.60. The molecule has 0 aromatic heterocycles. The standard InChI is InChI=1S/C17H21ClN2/c1-4-17(13-5-7-14(18)8-6-13)19-15-9-11-16(12-10-15)20(2)3/h5-12,17,19H,4H2,1-3H3. The summed E-state index contributed by atoms with van der Waals surface area (Å²) in [5.74, 6) is 0. The maximum Gasteiger partial charge on any atom is 0.0511 e. The molecule has 0 amide bonds. The Morgan fingerprint density at radius 1 is 1.00 bits per heavy atom. The van der Waals surface area contributed by atoms with E-state index < -0.39 is 0 Å². The predicted molar refractivity (Wildman–Crippen MR) is 88.9 cm³/mol. The highest BCUT2D eigenvalue weighted by molar-refractivity contribution is 6.30. The fourth-order valence-electron chi connectivity index (χ4n) is 2.17. The van der Waals surface area contributed by atoms with Crippen LogP contribution in [0.4, 0.5) is 11.4 Å². The fourth-order valence-corrected chi connectivity index (χ4v) is 2.30. The van der Waals surface area contributed by atoms with Crippen molar-refractivity contribution in [1.29, 1.82) is 0 Å². The molecule has 2 aromatic carbocycles. The van der Waals surface area contributed by atoms with Crippen molar-refractivity contribution in [3.63, 3.8) is 0 Å². The number of benzene rings is 2. The maximum atomic E-state index is 5.94. The zero-order chi connectivity index (χ0) is 14.5. The highest BCUT2D eigenvalue weighted by Gasteiger charge is 2.09. The fraction of sp³-hybridized carbons (Fsp3) is 0.294. The zero-order valence-electron chi connectivity index (χ0n) is 12.2. The van der Waals surface area contributed by atoms with E-state index in [4.69, 9.17) is 11.6 Å². The Bertz CT molecular complexity index is 532. The molecule has 20 heavy (non-hydrogen) atoms. The molecule has 2 aromatic rings. The smallest absolute Gasteiger partial charge is 0.0511 e. The molecule has 1 unspecified atom stereocenters. The number of halogens is 1. The minimum absolute atomic E-state index is 0.303. The molecule has 1 N–H and O–H groups in total. The first-order chi connectivity index (χ1) is 9.60. The molecule has 2 rings (SSSR count). The van der Waals surface area contributed by atoms with Gasteiger partial charge in [-0.3, -0.25) is 0 Å². The van der Waals surface area contributed by atoms with Crippen LogP contribution in [-0.4, -0.2) is 14.1 Å². The topological polar surface area (TPSA) is 15.3 Å². The van der Waals surface area contributed by atoms with Gasteiger partial charge in [0.05, 0.1) is 6.04 Å². The molecular weight excluding hydrogens is 268 g/mol. The minimum Gasteiger partial charge on any atom is -0.378 e. The summed E-state index contributed by atoms with van der Waals surface area (Å²) in [6, 6.07) is 16.8. The first-order valence-electron chi connectivity index (χ1n) is 6.89. The molecule has 0 saturated heterocycles. The van der Waals surface area contributed by atoms with Gasteiger partial charge in [0.25, 0.3) is 0 Å². The molecule has 1 atom stereocenters. The van der Waals surface area contributed by atoms with Gasteiger partial charge in [0.2, 0.25) is 0 Å². The molecule has 0 bridgehead atoms. The van der Waals surface area contributed by atoms with Crippen molar-refractivity contribution >= 4 is 23.0 Å². The van der Waals surface area contributed by atoms with Crippen LogP contribution < -0.4 is 10.2 Å². The number of rotatable bonds is 5. The van der Waals surface area contributed by atoms with Crippen LogP contribution in [0.5, 0.6) is 0 Å². The highest BCUT2D eigenvalue weighted by atomic mass is 35.5. The van der Waals surface area contributed by atoms with Crippen molar-refractivity contribution < 1.29 is 0 Å². The van der Waals surface area contributed by atoms with E-state index in [1.165, 1.54) is 11.3 Å². The van der Waals surface area contributed by atoms with E-state index in [1.54, 1.807) is 0 Å². The molecular formula is C17H21ClN2. The Morgan fingerprint density at radius 2 is 1.60 bits per heavy atom. The molecule has 0 aliphatic rings. The summed E-state index contributed by atoms with van der Waals surface area (Å²) >= 11 is 5.94. The van der Waals surface area contributed by atoms with Crippen LogP contribution in [0, 0.1) is 0 Å². The van der Waals surface area contributed by atoms with Crippen LogP contribution >= 0.6 is 11.6 Å². The van der Waals surface area contributed by atoms with Crippen LogP contribution in [0.2, 0.25) is 5.02 Å². The van der Waals surface area contributed by atoms with Crippen molar-refractivity contribution in [2.24, 2.45) is 0 Å². The first-order valence-corrected chi connectivity index (χ1v) is 7.27. The van der Waals surface area contributed by atoms with E-state index in [0.29, 0.717) is 6.04 Å². The normalized spacial score (nSPS) is 12.0. The van der Waals surface area contributed by atoms with E-state index >= 15 is 0 Å². The number of nitrogens with one attached hydrogen (secondary N) is 1. The van der Waals surface area contributed by atoms with Crippen LogP contribution in [0.1, 0.15) is 24.9 Å². The van der Waals surface area contributed by atoms with Gasteiger partial charge in [-0.2, -0.15) is 0 Å². The van der Waals surface area contributed by atoms with E-state index in [2.05, 4.69) is 53.5 Å². The first kappa shape index (κ1) is 14.7. The average molecular weight is 289 g/mol. The van der Waals surface area contributed by atoms with E-state index in [1.807, 2.05) is 26.2 Å². The molecule has 0 heterocycles. The lowest BCUT2D eigenvalue weighted by Crippen LogP contribution is -2.11. The Kier molecular flexibility index (Phi) is 4.91. The van der Waals surface area contributed by atoms with Crippen LogP contribution in [-0.2, 0) is 0 Å². The van der Waals surface area contributed by atoms with Gasteiger partial charge < -0.3 is 10.2 Å². The molecule has 0 spiro atoms. The molecule has 3 heteroatoms. The quantitative estimate of drug-likeness (QED) is 0.836. The van der Waals surface area contributed by atoms with Gasteiger partial charge in [0.1, 0.15) is 0 Å². The summed E-state index contributed by atoms with van der Waals surface area (Å²) in [5, 5.41) is 4.35. The summed E-state index contributed by atoms with van der Waals surface area (Å²) in [4.78, 5) is 2.10. The van der Waals surface area contributed by atoms with Crippen molar-refractivity contribution in [2.45, 2.75) is 19.4 Å². The third-order valence-corrected chi connectivity index (χ3v) is 3.66. The number of hydrogen-bond acceptors (Lipinski definition) is 2. The van der Waals surface area contributed by atoms with Gasteiger partial charge in [0, 0.05) is 30.5 Å². The monoisotopic (exact) mass is 288 g/mol. The molecule has 106 valence electrons. The lowest BCUT2D eigenvalue weighted by molar-refractivity contribution is 0.749.